The van der Waals surface area contributed by atoms with Crippen LogP contribution < -0.4 is 20.8 Å². The molecule has 0 spiro atoms. The quantitative estimate of drug-likeness (QED) is 0.592. The highest BCUT2D eigenvalue weighted by Crippen LogP contribution is 2.46. The average Bonchev–Trinajstić information content (AvgIpc) is 3.57. The van der Waals surface area contributed by atoms with Gasteiger partial charge >= 0.3 is 5.97 Å². The lowest BCUT2D eigenvalue weighted by Gasteiger charge is -2.30. The zero-order valence-corrected chi connectivity index (χ0v) is 18.3. The molecule has 3 aromatic rings. The van der Waals surface area contributed by atoms with Crippen molar-refractivity contribution in [1.29, 1.82) is 0 Å². The van der Waals surface area contributed by atoms with Gasteiger partial charge in [-0.15, -0.1) is 0 Å². The zero-order chi connectivity index (χ0) is 23.3. The molecule has 2 aliphatic rings. The fourth-order valence-electron chi connectivity index (χ4n) is 5.01. The number of aromatic carboxylic acids is 1. The summed E-state index contributed by atoms with van der Waals surface area (Å²) in [4.78, 5) is 30.5. The van der Waals surface area contributed by atoms with E-state index in [1.54, 1.807) is 17.0 Å². The summed E-state index contributed by atoms with van der Waals surface area (Å²) >= 11 is 0. The Morgan fingerprint density at radius 3 is 2.70 bits per heavy atom. The number of hydrogen-bond acceptors (Lipinski definition) is 6. The van der Waals surface area contributed by atoms with Crippen molar-refractivity contribution in [2.45, 2.75) is 30.7 Å². The van der Waals surface area contributed by atoms with E-state index in [1.165, 1.54) is 13.3 Å². The molecule has 5 rings (SSSR count). The summed E-state index contributed by atoms with van der Waals surface area (Å²) in [7, 11) is 1.44. The third-order valence-corrected chi connectivity index (χ3v) is 6.93. The molecule has 1 saturated carbocycles. The number of aromatic nitrogens is 2. The van der Waals surface area contributed by atoms with Gasteiger partial charge in [-0.3, -0.25) is 9.78 Å². The van der Waals surface area contributed by atoms with E-state index in [0.717, 1.165) is 30.9 Å². The molecule has 9 heteroatoms. The number of hydrogen-bond donors (Lipinski definition) is 2. The van der Waals surface area contributed by atoms with E-state index in [9.17, 15) is 14.7 Å². The number of carboxylic acids is 1. The third-order valence-electron chi connectivity index (χ3n) is 6.93. The Hall–Kier alpha value is -3.46. The van der Waals surface area contributed by atoms with E-state index in [0.29, 0.717) is 25.2 Å². The van der Waals surface area contributed by atoms with Gasteiger partial charge in [-0.25, -0.2) is 9.18 Å². The summed E-state index contributed by atoms with van der Waals surface area (Å²) in [6.07, 6.45) is 7.24. The lowest BCUT2D eigenvalue weighted by Crippen LogP contribution is -2.38. The van der Waals surface area contributed by atoms with E-state index < -0.39 is 17.2 Å². The van der Waals surface area contributed by atoms with Gasteiger partial charge in [0.25, 0.3) is 0 Å². The number of carboxylic acid groups (broad SMARTS) is 1. The first-order valence-corrected chi connectivity index (χ1v) is 10.9. The summed E-state index contributed by atoms with van der Waals surface area (Å²) in [6, 6.07) is 5.07. The van der Waals surface area contributed by atoms with Crippen LogP contribution in [0.2, 0.25) is 0 Å². The van der Waals surface area contributed by atoms with Crippen molar-refractivity contribution in [2.75, 3.05) is 31.6 Å². The molecule has 33 heavy (non-hydrogen) atoms. The maximum Gasteiger partial charge on any atom is 0.341 e. The maximum absolute atomic E-state index is 15.6. The normalized spacial score (nSPS) is 20.4. The lowest BCUT2D eigenvalue weighted by molar-refractivity contribution is 0.0695. The van der Waals surface area contributed by atoms with Crippen LogP contribution in [0.1, 0.15) is 41.2 Å². The van der Waals surface area contributed by atoms with Crippen LogP contribution in [0.25, 0.3) is 10.9 Å². The first-order chi connectivity index (χ1) is 15.9. The highest BCUT2D eigenvalue weighted by Gasteiger charge is 2.41. The summed E-state index contributed by atoms with van der Waals surface area (Å²) in [6.45, 7) is 1.42. The van der Waals surface area contributed by atoms with Crippen molar-refractivity contribution in [3.05, 3.63) is 64.0 Å². The maximum atomic E-state index is 15.6. The Bertz CT molecular complexity index is 1310. The topological polar surface area (TPSA) is 111 Å². The molecule has 3 N–H and O–H groups in total. The fourth-order valence-corrected chi connectivity index (χ4v) is 5.01. The molecule has 1 atom stereocenters. The highest BCUT2D eigenvalue weighted by atomic mass is 19.1. The Balaban J connectivity index is 1.69. The van der Waals surface area contributed by atoms with Gasteiger partial charge in [-0.2, -0.15) is 0 Å². The van der Waals surface area contributed by atoms with Crippen LogP contribution in [0, 0.1) is 5.82 Å². The predicted octanol–water partition coefficient (Wildman–Crippen LogP) is 2.68. The summed E-state index contributed by atoms with van der Waals surface area (Å²) < 4.78 is 23.0. The number of nitrogens with two attached hydrogens (primary N) is 1. The standard InChI is InChI=1S/C24H25FN4O4/c1-33-22-19-16(21(30)17(23(31)32)11-29(19)15-2-3-15)10-18(25)20(22)28-9-6-24(12-26,13-28)14-4-7-27-8-5-14/h4-5,7-8,10-11,15H,2-3,6,9,12-13,26H2,1H3,(H,31,32). The molecular weight excluding hydrogens is 427 g/mol. The van der Waals surface area contributed by atoms with Crippen molar-refractivity contribution in [3.8, 4) is 5.75 Å². The van der Waals surface area contributed by atoms with Crippen molar-refractivity contribution in [2.24, 2.45) is 5.73 Å². The molecule has 2 fully saturated rings. The van der Waals surface area contributed by atoms with Crippen LogP contribution in [0.15, 0.2) is 41.6 Å². The smallest absolute Gasteiger partial charge is 0.341 e. The Morgan fingerprint density at radius 2 is 2.09 bits per heavy atom. The average molecular weight is 452 g/mol. The van der Waals surface area contributed by atoms with Gasteiger partial charge in [-0.05, 0) is 43.0 Å². The lowest BCUT2D eigenvalue weighted by atomic mass is 9.80. The molecule has 1 aromatic carbocycles. The molecule has 1 saturated heterocycles. The summed E-state index contributed by atoms with van der Waals surface area (Å²) in [5.41, 5.74) is 6.50. The highest BCUT2D eigenvalue weighted by molar-refractivity contribution is 5.97. The van der Waals surface area contributed by atoms with Gasteiger partial charge in [0.05, 0.1) is 18.0 Å². The zero-order valence-electron chi connectivity index (χ0n) is 18.3. The van der Waals surface area contributed by atoms with Gasteiger partial charge < -0.3 is 25.0 Å². The first kappa shape index (κ1) is 21.4. The van der Waals surface area contributed by atoms with Crippen LogP contribution in [0.3, 0.4) is 0 Å². The molecule has 0 amide bonds. The number of benzene rings is 1. The number of carbonyl (C=O) groups is 1. The second kappa shape index (κ2) is 7.84. The van der Waals surface area contributed by atoms with Gasteiger partial charge in [0.15, 0.2) is 11.6 Å². The van der Waals surface area contributed by atoms with Crippen molar-refractivity contribution < 1.29 is 19.0 Å². The number of halogens is 1. The number of ether oxygens (including phenoxy) is 1. The van der Waals surface area contributed by atoms with E-state index >= 15 is 4.39 Å². The van der Waals surface area contributed by atoms with Gasteiger partial charge in [0.2, 0.25) is 5.43 Å². The van der Waals surface area contributed by atoms with Crippen LogP contribution in [0.4, 0.5) is 10.1 Å². The van der Waals surface area contributed by atoms with E-state index in [1.807, 2.05) is 17.0 Å². The number of rotatable bonds is 6. The molecule has 3 heterocycles. The molecule has 1 unspecified atom stereocenters. The molecular formula is C24H25FN4O4. The van der Waals surface area contributed by atoms with Gasteiger partial charge in [-0.1, -0.05) is 0 Å². The molecule has 0 radical (unpaired) electrons. The largest absolute Gasteiger partial charge is 0.492 e. The molecule has 1 aliphatic heterocycles. The number of anilines is 1. The van der Waals surface area contributed by atoms with E-state index in [-0.39, 0.29) is 33.8 Å². The van der Waals surface area contributed by atoms with E-state index in [2.05, 4.69) is 4.98 Å². The van der Waals surface area contributed by atoms with Gasteiger partial charge in [0, 0.05) is 49.7 Å². The van der Waals surface area contributed by atoms with Crippen molar-refractivity contribution in [1.82, 2.24) is 9.55 Å². The minimum atomic E-state index is -1.33. The Labute approximate surface area is 189 Å². The molecule has 8 nitrogen and oxygen atoms in total. The number of nitrogens with zero attached hydrogens (tertiary/aromatic N) is 3. The Kier molecular flexibility index (Phi) is 5.08. The van der Waals surface area contributed by atoms with Crippen molar-refractivity contribution in [3.63, 3.8) is 0 Å². The van der Waals surface area contributed by atoms with Crippen LogP contribution in [-0.2, 0) is 5.41 Å². The number of methoxy groups -OCH3 is 1. The minimum Gasteiger partial charge on any atom is -0.492 e. The van der Waals surface area contributed by atoms with E-state index in [4.69, 9.17) is 10.5 Å². The van der Waals surface area contributed by atoms with Gasteiger partial charge in [0.1, 0.15) is 11.3 Å². The summed E-state index contributed by atoms with van der Waals surface area (Å²) in [5.74, 6) is -1.71. The minimum absolute atomic E-state index is 0.0123. The van der Waals surface area contributed by atoms with Crippen LogP contribution >= 0.6 is 0 Å². The number of pyridine rings is 2. The SMILES string of the molecule is COc1c(N2CCC(CN)(c3ccncc3)C2)c(F)cc2c(=O)c(C(=O)O)cn(C3CC3)c12. The Morgan fingerprint density at radius 1 is 1.36 bits per heavy atom. The monoisotopic (exact) mass is 452 g/mol. The second-order valence-electron chi connectivity index (χ2n) is 8.84. The summed E-state index contributed by atoms with van der Waals surface area (Å²) in [5, 5.41) is 9.52. The molecule has 0 bridgehead atoms. The van der Waals surface area contributed by atoms with Crippen molar-refractivity contribution >= 4 is 22.6 Å². The fraction of sp³-hybridized carbons (Fsp3) is 0.375. The molecule has 172 valence electrons. The first-order valence-electron chi connectivity index (χ1n) is 10.9. The van der Waals surface area contributed by atoms with Crippen LogP contribution in [0.5, 0.6) is 5.75 Å². The number of fused-ring (bicyclic) bond motifs is 1. The third kappa shape index (κ3) is 3.34. The molecule has 1 aliphatic carbocycles. The predicted molar refractivity (Wildman–Crippen MR) is 122 cm³/mol. The second-order valence-corrected chi connectivity index (χ2v) is 8.84. The molecule has 2 aromatic heterocycles. The van der Waals surface area contributed by atoms with Crippen LogP contribution in [-0.4, -0.2) is 47.4 Å².